The van der Waals surface area contributed by atoms with E-state index < -0.39 is 6.10 Å². The molecule has 0 aromatic rings. The molecule has 2 nitrogen and oxygen atoms in total. The van der Waals surface area contributed by atoms with Gasteiger partial charge in [0.2, 0.25) is 0 Å². The lowest BCUT2D eigenvalue weighted by Crippen LogP contribution is -2.44. The lowest BCUT2D eigenvalue weighted by Gasteiger charge is -2.49. The Bertz CT molecular complexity index is 279. The standard InChI is InChI=1S/C12H16O2/c13-11-5-9-7-3-1-2-4-8(9)10(7)6-12(11)14/h1-2,7-11,13H,3-6H2/t7-,8+,9?,10?,11?. The molecule has 14 heavy (non-hydrogen) atoms. The fourth-order valence-electron chi connectivity index (χ4n) is 3.74. The molecule has 5 atom stereocenters. The maximum atomic E-state index is 11.5. The van der Waals surface area contributed by atoms with Crippen LogP contribution in [0.1, 0.15) is 25.7 Å². The topological polar surface area (TPSA) is 37.3 Å². The highest BCUT2D eigenvalue weighted by atomic mass is 16.3. The zero-order chi connectivity index (χ0) is 9.71. The molecule has 2 heteroatoms. The van der Waals surface area contributed by atoms with Crippen LogP contribution in [0.5, 0.6) is 0 Å². The third kappa shape index (κ3) is 1.04. The summed E-state index contributed by atoms with van der Waals surface area (Å²) in [5.74, 6) is 2.68. The predicted octanol–water partition coefficient (Wildman–Crippen LogP) is 1.54. The number of aliphatic hydroxyl groups is 1. The lowest BCUT2D eigenvalue weighted by molar-refractivity contribution is -0.127. The number of fused-ring (bicyclic) bond motifs is 3. The Morgan fingerprint density at radius 1 is 1.07 bits per heavy atom. The highest BCUT2D eigenvalue weighted by Gasteiger charge is 2.53. The van der Waals surface area contributed by atoms with E-state index in [0.29, 0.717) is 30.1 Å². The Hall–Kier alpha value is -0.630. The summed E-state index contributed by atoms with van der Waals surface area (Å²) >= 11 is 0. The molecule has 0 heterocycles. The fraction of sp³-hybridized carbons (Fsp3) is 0.750. The number of ketones is 1. The molecule has 0 amide bonds. The minimum absolute atomic E-state index is 0.0897. The van der Waals surface area contributed by atoms with Crippen molar-refractivity contribution in [2.45, 2.75) is 31.8 Å². The molecule has 3 unspecified atom stereocenters. The monoisotopic (exact) mass is 192 g/mol. The minimum Gasteiger partial charge on any atom is -0.385 e. The van der Waals surface area contributed by atoms with Crippen molar-refractivity contribution in [1.82, 2.24) is 0 Å². The van der Waals surface area contributed by atoms with Crippen molar-refractivity contribution >= 4 is 5.78 Å². The van der Waals surface area contributed by atoms with E-state index in [-0.39, 0.29) is 5.78 Å². The summed E-state index contributed by atoms with van der Waals surface area (Å²) in [5.41, 5.74) is 0. The van der Waals surface area contributed by atoms with Crippen molar-refractivity contribution in [2.24, 2.45) is 23.7 Å². The van der Waals surface area contributed by atoms with Crippen LogP contribution in [0.4, 0.5) is 0 Å². The summed E-state index contributed by atoms with van der Waals surface area (Å²) < 4.78 is 0. The number of carbonyl (C=O) groups excluding carboxylic acids is 1. The second-order valence-corrected chi connectivity index (χ2v) is 5.02. The summed E-state index contributed by atoms with van der Waals surface area (Å²) in [5, 5.41) is 9.63. The summed E-state index contributed by atoms with van der Waals surface area (Å²) in [7, 11) is 0. The molecule has 76 valence electrons. The van der Waals surface area contributed by atoms with E-state index in [2.05, 4.69) is 12.2 Å². The number of aliphatic hydroxyl groups excluding tert-OH is 1. The molecule has 4 rings (SSSR count). The van der Waals surface area contributed by atoms with Gasteiger partial charge in [0, 0.05) is 6.42 Å². The quantitative estimate of drug-likeness (QED) is 0.591. The zero-order valence-corrected chi connectivity index (χ0v) is 8.23. The van der Waals surface area contributed by atoms with Gasteiger partial charge in [-0.05, 0) is 42.9 Å². The number of hydrogen-bond donors (Lipinski definition) is 1. The number of rotatable bonds is 0. The second-order valence-electron chi connectivity index (χ2n) is 5.02. The predicted molar refractivity (Wildman–Crippen MR) is 52.6 cm³/mol. The van der Waals surface area contributed by atoms with E-state index in [1.165, 1.54) is 0 Å². The molecule has 0 saturated heterocycles. The lowest BCUT2D eigenvalue weighted by atomic mass is 9.55. The van der Waals surface area contributed by atoms with Crippen LogP contribution in [0.2, 0.25) is 0 Å². The first kappa shape index (κ1) is 8.66. The molecular weight excluding hydrogens is 176 g/mol. The molecule has 0 aromatic carbocycles. The summed E-state index contributed by atoms with van der Waals surface area (Å²) in [6, 6.07) is 0. The number of carbonyl (C=O) groups is 1. The summed E-state index contributed by atoms with van der Waals surface area (Å²) in [4.78, 5) is 11.5. The minimum atomic E-state index is -0.657. The van der Waals surface area contributed by atoms with Gasteiger partial charge in [-0.25, -0.2) is 0 Å². The van der Waals surface area contributed by atoms with Crippen LogP contribution in [0.15, 0.2) is 12.2 Å². The van der Waals surface area contributed by atoms with Crippen LogP contribution in [-0.2, 0) is 4.79 Å². The van der Waals surface area contributed by atoms with Crippen molar-refractivity contribution in [2.75, 3.05) is 0 Å². The first-order valence-electron chi connectivity index (χ1n) is 5.63. The molecule has 0 aliphatic heterocycles. The first-order chi connectivity index (χ1) is 6.77. The number of Topliss-reactive ketones (excluding diaryl/α,β-unsaturated/α-hetero) is 1. The van der Waals surface area contributed by atoms with Gasteiger partial charge in [-0.2, -0.15) is 0 Å². The Morgan fingerprint density at radius 2 is 1.71 bits per heavy atom. The van der Waals surface area contributed by atoms with Gasteiger partial charge in [0.05, 0.1) is 0 Å². The van der Waals surface area contributed by atoms with Crippen molar-refractivity contribution in [3.8, 4) is 0 Å². The Labute approximate surface area is 84.0 Å². The van der Waals surface area contributed by atoms with E-state index in [1.54, 1.807) is 0 Å². The average molecular weight is 192 g/mol. The van der Waals surface area contributed by atoms with Crippen molar-refractivity contribution in [1.29, 1.82) is 0 Å². The fourth-order valence-corrected chi connectivity index (χ4v) is 3.74. The van der Waals surface area contributed by atoms with Gasteiger partial charge in [0.15, 0.2) is 5.78 Å². The average Bonchev–Trinajstić information content (AvgIpc) is 2.56. The van der Waals surface area contributed by atoms with Crippen LogP contribution in [0.3, 0.4) is 0 Å². The van der Waals surface area contributed by atoms with Crippen molar-refractivity contribution < 1.29 is 9.90 Å². The van der Waals surface area contributed by atoms with Gasteiger partial charge in [0.1, 0.15) is 6.10 Å². The Morgan fingerprint density at radius 3 is 2.36 bits per heavy atom. The smallest absolute Gasteiger partial charge is 0.161 e. The van der Waals surface area contributed by atoms with Gasteiger partial charge in [0.25, 0.3) is 0 Å². The van der Waals surface area contributed by atoms with Crippen LogP contribution in [0.25, 0.3) is 0 Å². The molecule has 4 aliphatic rings. The molecule has 1 N–H and O–H groups in total. The first-order valence-corrected chi connectivity index (χ1v) is 5.63. The highest BCUT2D eigenvalue weighted by Crippen LogP contribution is 2.57. The SMILES string of the molecule is O=C1CC2[C@H]3CC=CC[C@@H]2C3CC1O. The molecule has 0 radical (unpaired) electrons. The number of hydrogen-bond acceptors (Lipinski definition) is 2. The largest absolute Gasteiger partial charge is 0.385 e. The Kier molecular flexibility index (Phi) is 1.81. The molecule has 3 fully saturated rings. The maximum absolute atomic E-state index is 11.5. The van der Waals surface area contributed by atoms with Gasteiger partial charge >= 0.3 is 0 Å². The third-order valence-corrected chi connectivity index (χ3v) is 4.49. The van der Waals surface area contributed by atoms with Gasteiger partial charge in [-0.15, -0.1) is 0 Å². The molecule has 4 aliphatic carbocycles. The highest BCUT2D eigenvalue weighted by molar-refractivity contribution is 5.83. The Balaban J connectivity index is 1.88. The van der Waals surface area contributed by atoms with E-state index >= 15 is 0 Å². The maximum Gasteiger partial charge on any atom is 0.161 e. The van der Waals surface area contributed by atoms with Crippen LogP contribution in [-0.4, -0.2) is 17.0 Å². The van der Waals surface area contributed by atoms with E-state index in [0.717, 1.165) is 19.3 Å². The normalized spacial score (nSPS) is 50.6. The van der Waals surface area contributed by atoms with Crippen LogP contribution >= 0.6 is 0 Å². The molecule has 3 saturated carbocycles. The zero-order valence-electron chi connectivity index (χ0n) is 8.23. The van der Waals surface area contributed by atoms with Gasteiger partial charge < -0.3 is 5.11 Å². The molecule has 0 spiro atoms. The van der Waals surface area contributed by atoms with Crippen molar-refractivity contribution in [3.05, 3.63) is 12.2 Å². The molecule has 0 aromatic heterocycles. The van der Waals surface area contributed by atoms with Crippen LogP contribution < -0.4 is 0 Å². The number of allylic oxidation sites excluding steroid dienone is 2. The van der Waals surface area contributed by atoms with E-state index in [4.69, 9.17) is 0 Å². The van der Waals surface area contributed by atoms with Gasteiger partial charge in [-0.1, -0.05) is 12.2 Å². The molecular formula is C12H16O2. The summed E-state index contributed by atoms with van der Waals surface area (Å²) in [6.45, 7) is 0. The summed E-state index contributed by atoms with van der Waals surface area (Å²) in [6.07, 6.45) is 7.49. The third-order valence-electron chi connectivity index (χ3n) is 4.49. The molecule has 4 bridgehead atoms. The second kappa shape index (κ2) is 2.93. The van der Waals surface area contributed by atoms with Crippen LogP contribution in [0, 0.1) is 23.7 Å². The van der Waals surface area contributed by atoms with E-state index in [1.807, 2.05) is 0 Å². The van der Waals surface area contributed by atoms with Crippen molar-refractivity contribution in [3.63, 3.8) is 0 Å². The van der Waals surface area contributed by atoms with E-state index in [9.17, 15) is 9.90 Å². The van der Waals surface area contributed by atoms with Gasteiger partial charge in [-0.3, -0.25) is 4.79 Å².